The number of rotatable bonds is 8. The molecule has 13 heteroatoms. The highest BCUT2D eigenvalue weighted by molar-refractivity contribution is 8.26. The van der Waals surface area contributed by atoms with Crippen molar-refractivity contribution >= 4 is 34.5 Å². The Morgan fingerprint density at radius 1 is 1.16 bits per heavy atom. The molecule has 0 aliphatic heterocycles. The van der Waals surface area contributed by atoms with Crippen LogP contribution in [0, 0.1) is 35.3 Å². The molecule has 0 bridgehead atoms. The van der Waals surface area contributed by atoms with Gasteiger partial charge in [-0.05, 0) is 78.1 Å². The van der Waals surface area contributed by atoms with Crippen molar-refractivity contribution in [2.75, 3.05) is 21.1 Å². The lowest BCUT2D eigenvalue weighted by Gasteiger charge is -2.43. The van der Waals surface area contributed by atoms with Crippen LogP contribution in [0.25, 0.3) is 0 Å². The fraction of sp³-hybridized carbons (Fsp3) is 0.500. The Bertz CT molecular complexity index is 1360. The van der Waals surface area contributed by atoms with Gasteiger partial charge in [0.15, 0.2) is 5.75 Å². The summed E-state index contributed by atoms with van der Waals surface area (Å²) in [6.07, 6.45) is 9.17. The van der Waals surface area contributed by atoms with Crippen molar-refractivity contribution in [3.8, 4) is 5.75 Å². The van der Waals surface area contributed by atoms with E-state index in [9.17, 15) is 28.3 Å². The normalized spacial score (nSPS) is 19.9. The highest BCUT2D eigenvalue weighted by Crippen LogP contribution is 2.33. The van der Waals surface area contributed by atoms with Gasteiger partial charge in [0.25, 0.3) is 0 Å². The topological polar surface area (TPSA) is 162 Å². The van der Waals surface area contributed by atoms with Crippen LogP contribution in [0.15, 0.2) is 29.2 Å². The SMILES string of the molecule is CNC1(C)CC1.CNC1(N(C)C=O)CCC(C=O)CC1.Cc1[nH]cc(C(=N)SC(=N)Cc2ccc(F)cc2F)c(=O)c1O. The molecular formula is C30H42F2N6O4S. The van der Waals surface area contributed by atoms with E-state index in [0.717, 1.165) is 50.5 Å². The first-order chi connectivity index (χ1) is 20.2. The summed E-state index contributed by atoms with van der Waals surface area (Å²) >= 11 is 0.664. The number of hydrogen-bond acceptors (Lipinski definition) is 9. The van der Waals surface area contributed by atoms with Gasteiger partial charge >= 0.3 is 0 Å². The van der Waals surface area contributed by atoms with Crippen molar-refractivity contribution in [1.82, 2.24) is 20.5 Å². The van der Waals surface area contributed by atoms with Crippen molar-refractivity contribution in [1.29, 1.82) is 10.8 Å². The molecule has 4 rings (SSSR count). The number of carbonyl (C=O) groups excluding carboxylic acids is 2. The lowest BCUT2D eigenvalue weighted by Crippen LogP contribution is -2.57. The zero-order valence-corrected chi connectivity index (χ0v) is 26.1. The van der Waals surface area contributed by atoms with E-state index in [1.807, 2.05) is 14.1 Å². The van der Waals surface area contributed by atoms with Crippen LogP contribution in [0.1, 0.15) is 62.3 Å². The molecule has 236 valence electrons. The van der Waals surface area contributed by atoms with E-state index in [4.69, 9.17) is 10.8 Å². The third kappa shape index (κ3) is 10.1. The molecule has 2 aromatic rings. The minimum atomic E-state index is -0.771. The van der Waals surface area contributed by atoms with E-state index in [1.54, 1.807) is 11.9 Å². The number of nitrogens with zero attached hydrogens (tertiary/aromatic N) is 1. The van der Waals surface area contributed by atoms with Crippen molar-refractivity contribution in [3.05, 3.63) is 63.1 Å². The minimum Gasteiger partial charge on any atom is -0.503 e. The number of H-pyrrole nitrogens is 1. The second-order valence-electron chi connectivity index (χ2n) is 11.1. The Morgan fingerprint density at radius 3 is 2.26 bits per heavy atom. The van der Waals surface area contributed by atoms with Gasteiger partial charge in [-0.15, -0.1) is 0 Å². The molecule has 43 heavy (non-hydrogen) atoms. The number of thioether (sulfide) groups is 1. The standard InChI is InChI=1S/C15H13F2N3O2S.C10H18N2O2.C5H11N/c1-7-13(21)14(22)10(6-20-7)15(19)23-12(18)4-8-2-3-9(16)5-11(8)17;1-11-10(12(2)8-14)5-3-9(7-13)4-6-10;1-5(6-2)3-4-5/h2-3,5-6,18-19,21H,4H2,1H3,(H,20,22);7-9,11H,3-6H2,1-2H3;6H,3-4H2,1-2H3. The molecule has 0 atom stereocenters. The molecule has 1 heterocycles. The van der Waals surface area contributed by atoms with E-state index in [-0.39, 0.29) is 44.9 Å². The Morgan fingerprint density at radius 2 is 1.79 bits per heavy atom. The molecule has 10 nitrogen and oxygen atoms in total. The predicted molar refractivity (Wildman–Crippen MR) is 166 cm³/mol. The fourth-order valence-electron chi connectivity index (χ4n) is 4.40. The number of aromatic nitrogens is 1. The number of aldehydes is 1. The first-order valence-corrected chi connectivity index (χ1v) is 14.8. The Labute approximate surface area is 255 Å². The number of amides is 1. The number of aromatic hydroxyl groups is 1. The third-order valence-electron chi connectivity index (χ3n) is 8.04. The molecule has 0 spiro atoms. The molecule has 0 unspecified atom stereocenters. The van der Waals surface area contributed by atoms with Crippen LogP contribution in [0.2, 0.25) is 0 Å². The molecule has 1 aromatic carbocycles. The largest absolute Gasteiger partial charge is 0.503 e. The number of hydrogen-bond donors (Lipinski definition) is 6. The summed E-state index contributed by atoms with van der Waals surface area (Å²) in [5, 5.41) is 31.3. The van der Waals surface area contributed by atoms with Crippen LogP contribution in [-0.2, 0) is 16.0 Å². The average Bonchev–Trinajstić information content (AvgIpc) is 3.75. The average molecular weight is 621 g/mol. The fourth-order valence-corrected chi connectivity index (χ4v) is 5.14. The van der Waals surface area contributed by atoms with Crippen molar-refractivity contribution in [2.45, 2.75) is 70.0 Å². The second kappa shape index (κ2) is 15.9. The van der Waals surface area contributed by atoms with Crippen LogP contribution >= 0.6 is 11.8 Å². The van der Waals surface area contributed by atoms with Crippen molar-refractivity contribution in [3.63, 3.8) is 0 Å². The molecule has 6 N–H and O–H groups in total. The third-order valence-corrected chi connectivity index (χ3v) is 8.85. The number of pyridine rings is 1. The number of carbonyl (C=O) groups is 2. The summed E-state index contributed by atoms with van der Waals surface area (Å²) in [7, 11) is 5.67. The van der Waals surface area contributed by atoms with E-state index in [1.165, 1.54) is 32.0 Å². The predicted octanol–water partition coefficient (Wildman–Crippen LogP) is 4.08. The summed E-state index contributed by atoms with van der Waals surface area (Å²) in [4.78, 5) is 37.5. The summed E-state index contributed by atoms with van der Waals surface area (Å²) in [5.41, 5.74) is -0.0827. The highest BCUT2D eigenvalue weighted by Gasteiger charge is 2.37. The summed E-state index contributed by atoms with van der Waals surface area (Å²) < 4.78 is 26.4. The quantitative estimate of drug-likeness (QED) is 0.112. The van der Waals surface area contributed by atoms with E-state index in [2.05, 4.69) is 22.5 Å². The zero-order chi connectivity index (χ0) is 32.4. The number of aryl methyl sites for hydroxylation is 1. The van der Waals surface area contributed by atoms with Gasteiger partial charge in [0.05, 0.1) is 22.0 Å². The van der Waals surface area contributed by atoms with Gasteiger partial charge in [0, 0.05) is 37.2 Å². The van der Waals surface area contributed by atoms with Gasteiger partial charge < -0.3 is 25.1 Å². The first-order valence-electron chi connectivity index (χ1n) is 14.0. The van der Waals surface area contributed by atoms with E-state index >= 15 is 0 Å². The maximum atomic E-state index is 13.5. The van der Waals surface area contributed by atoms with Crippen LogP contribution in [-0.4, -0.2) is 70.1 Å². The van der Waals surface area contributed by atoms with Crippen LogP contribution in [0.4, 0.5) is 8.78 Å². The monoisotopic (exact) mass is 620 g/mol. The Balaban J connectivity index is 0.000000271. The first kappa shape index (κ1) is 35.8. The number of halogens is 2. The molecule has 2 fully saturated rings. The molecule has 1 amide bonds. The molecule has 2 aliphatic carbocycles. The van der Waals surface area contributed by atoms with Gasteiger partial charge in [-0.3, -0.25) is 25.7 Å². The van der Waals surface area contributed by atoms with Crippen molar-refractivity contribution < 1.29 is 23.5 Å². The minimum absolute atomic E-state index is 0.0811. The van der Waals surface area contributed by atoms with Crippen LogP contribution < -0.4 is 16.1 Å². The molecule has 0 radical (unpaired) electrons. The molecule has 1 aromatic heterocycles. The maximum absolute atomic E-state index is 13.5. The molecule has 2 saturated carbocycles. The second-order valence-corrected chi connectivity index (χ2v) is 12.2. The van der Waals surface area contributed by atoms with E-state index < -0.39 is 22.8 Å². The highest BCUT2D eigenvalue weighted by atomic mass is 32.2. The Kier molecular flexibility index (Phi) is 13.2. The number of nitrogens with one attached hydrogen (secondary N) is 5. The van der Waals surface area contributed by atoms with Gasteiger partial charge in [-0.1, -0.05) is 17.8 Å². The molecule has 2 aliphatic rings. The van der Waals surface area contributed by atoms with Crippen LogP contribution in [0.5, 0.6) is 5.75 Å². The smallest absolute Gasteiger partial charge is 0.233 e. The lowest BCUT2D eigenvalue weighted by atomic mass is 9.82. The van der Waals surface area contributed by atoms with Gasteiger partial charge in [0.1, 0.15) is 23.0 Å². The lowest BCUT2D eigenvalue weighted by molar-refractivity contribution is -0.125. The van der Waals surface area contributed by atoms with Crippen LogP contribution in [0.3, 0.4) is 0 Å². The summed E-state index contributed by atoms with van der Waals surface area (Å²) in [6, 6.07) is 3.04. The van der Waals surface area contributed by atoms with Gasteiger partial charge in [-0.2, -0.15) is 0 Å². The Hall–Kier alpha value is -3.42. The van der Waals surface area contributed by atoms with E-state index in [0.29, 0.717) is 17.3 Å². The summed E-state index contributed by atoms with van der Waals surface area (Å²) in [6.45, 7) is 3.75. The van der Waals surface area contributed by atoms with Gasteiger partial charge in [-0.25, -0.2) is 8.78 Å². The van der Waals surface area contributed by atoms with Gasteiger partial charge in [0.2, 0.25) is 11.8 Å². The number of aromatic amines is 1. The maximum Gasteiger partial charge on any atom is 0.233 e. The number of benzene rings is 1. The molecule has 0 saturated heterocycles. The van der Waals surface area contributed by atoms with Crippen molar-refractivity contribution in [2.24, 2.45) is 5.92 Å². The zero-order valence-electron chi connectivity index (χ0n) is 25.3. The summed E-state index contributed by atoms with van der Waals surface area (Å²) in [5.74, 6) is -1.78. The molecular weight excluding hydrogens is 578 g/mol.